The van der Waals surface area contributed by atoms with Gasteiger partial charge in [0.25, 0.3) is 0 Å². The van der Waals surface area contributed by atoms with Gasteiger partial charge >= 0.3 is 0 Å². The van der Waals surface area contributed by atoms with E-state index < -0.39 is 0 Å². The van der Waals surface area contributed by atoms with E-state index in [2.05, 4.69) is 26.8 Å². The number of ketones is 1. The minimum Gasteiger partial charge on any atom is -0.294 e. The van der Waals surface area contributed by atoms with Gasteiger partial charge in [-0.25, -0.2) is 0 Å². The van der Waals surface area contributed by atoms with Crippen molar-refractivity contribution in [1.82, 2.24) is 0 Å². The van der Waals surface area contributed by atoms with E-state index in [-0.39, 0.29) is 11.3 Å². The van der Waals surface area contributed by atoms with E-state index >= 15 is 0 Å². The molecule has 1 aromatic carbocycles. The maximum atomic E-state index is 11.9. The number of benzene rings is 1. The normalized spacial score (nSPS) is 23.7. The number of carbonyl (C=O) groups excluding carboxylic acids is 1. The first-order chi connectivity index (χ1) is 6.44. The van der Waals surface area contributed by atoms with Gasteiger partial charge in [-0.1, -0.05) is 44.5 Å². The van der Waals surface area contributed by atoms with Crippen LogP contribution in [0.2, 0.25) is 0 Å². The van der Waals surface area contributed by atoms with Crippen LogP contribution in [0, 0.1) is 12.8 Å². The topological polar surface area (TPSA) is 17.1 Å². The van der Waals surface area contributed by atoms with Gasteiger partial charge in [0.2, 0.25) is 0 Å². The molecule has 1 unspecified atom stereocenters. The largest absolute Gasteiger partial charge is 0.294 e. The minimum absolute atomic E-state index is 0.00155. The average Bonchev–Trinajstić information content (AvgIpc) is 2.29. The number of hydrogen-bond donors (Lipinski definition) is 0. The van der Waals surface area contributed by atoms with E-state index in [1.165, 1.54) is 11.1 Å². The summed E-state index contributed by atoms with van der Waals surface area (Å²) in [5.74, 6) is 0.407. The van der Waals surface area contributed by atoms with Crippen molar-refractivity contribution in [3.05, 3.63) is 34.9 Å². The second-order valence-electron chi connectivity index (χ2n) is 4.86. The summed E-state index contributed by atoms with van der Waals surface area (Å²) in [6.07, 6.45) is 0. The van der Waals surface area contributed by atoms with Crippen molar-refractivity contribution in [2.45, 2.75) is 33.1 Å². The summed E-state index contributed by atoms with van der Waals surface area (Å²) in [4.78, 5) is 11.9. The molecule has 0 heterocycles. The summed E-state index contributed by atoms with van der Waals surface area (Å²) in [6, 6.07) is 6.14. The maximum absolute atomic E-state index is 11.9. The highest BCUT2D eigenvalue weighted by molar-refractivity contribution is 6.03. The zero-order chi connectivity index (χ0) is 10.5. The molecule has 0 N–H and O–H groups in total. The molecule has 0 saturated carbocycles. The fourth-order valence-corrected chi connectivity index (χ4v) is 2.20. The van der Waals surface area contributed by atoms with Crippen LogP contribution < -0.4 is 0 Å². The molecular weight excluding hydrogens is 172 g/mol. The van der Waals surface area contributed by atoms with Crippen LogP contribution in [0.3, 0.4) is 0 Å². The van der Waals surface area contributed by atoms with Gasteiger partial charge in [0.05, 0.1) is 0 Å². The van der Waals surface area contributed by atoms with Crippen LogP contribution in [0.4, 0.5) is 0 Å². The molecule has 1 atom stereocenters. The quantitative estimate of drug-likeness (QED) is 0.611. The third-order valence-corrected chi connectivity index (χ3v) is 3.61. The van der Waals surface area contributed by atoms with Gasteiger partial charge in [-0.3, -0.25) is 4.79 Å². The summed E-state index contributed by atoms with van der Waals surface area (Å²) in [5.41, 5.74) is 3.38. The molecule has 0 aliphatic heterocycles. The molecular formula is C13H16O. The summed E-state index contributed by atoms with van der Waals surface area (Å²) in [6.45, 7) is 8.41. The Bertz CT molecular complexity index is 402. The van der Waals surface area contributed by atoms with Crippen molar-refractivity contribution >= 4 is 5.78 Å². The number of aryl methyl sites for hydroxylation is 1. The molecule has 0 aromatic heterocycles. The highest BCUT2D eigenvalue weighted by atomic mass is 16.1. The monoisotopic (exact) mass is 188 g/mol. The molecule has 1 nitrogen and oxygen atoms in total. The number of hydrogen-bond acceptors (Lipinski definition) is 1. The number of carbonyl (C=O) groups is 1. The van der Waals surface area contributed by atoms with Crippen molar-refractivity contribution in [1.29, 1.82) is 0 Å². The smallest absolute Gasteiger partial charge is 0.166 e. The Balaban J connectivity index is 2.69. The summed E-state index contributed by atoms with van der Waals surface area (Å²) >= 11 is 0. The predicted octanol–water partition coefficient (Wildman–Crippen LogP) is 3.11. The van der Waals surface area contributed by atoms with Crippen molar-refractivity contribution in [2.24, 2.45) is 5.92 Å². The van der Waals surface area contributed by atoms with Crippen LogP contribution in [0.15, 0.2) is 18.2 Å². The Morgan fingerprint density at radius 1 is 1.29 bits per heavy atom. The van der Waals surface area contributed by atoms with Gasteiger partial charge in [0.15, 0.2) is 5.78 Å². The Morgan fingerprint density at radius 2 is 1.93 bits per heavy atom. The van der Waals surface area contributed by atoms with Crippen molar-refractivity contribution in [2.75, 3.05) is 0 Å². The standard InChI is InChI=1S/C13H16O/c1-8-5-6-10-11(7-8)13(3,4)9(2)12(10)14/h5-7,9H,1-4H3. The molecule has 0 fully saturated rings. The van der Waals surface area contributed by atoms with Crippen molar-refractivity contribution in [3.63, 3.8) is 0 Å². The third-order valence-electron chi connectivity index (χ3n) is 3.61. The van der Waals surface area contributed by atoms with Crippen LogP contribution in [0.25, 0.3) is 0 Å². The fourth-order valence-electron chi connectivity index (χ4n) is 2.20. The van der Waals surface area contributed by atoms with Crippen LogP contribution >= 0.6 is 0 Å². The van der Waals surface area contributed by atoms with Gasteiger partial charge in [0.1, 0.15) is 0 Å². The van der Waals surface area contributed by atoms with Crippen LogP contribution in [0.5, 0.6) is 0 Å². The molecule has 1 heteroatoms. The molecule has 14 heavy (non-hydrogen) atoms. The average molecular weight is 188 g/mol. The highest BCUT2D eigenvalue weighted by Gasteiger charge is 2.42. The fraction of sp³-hybridized carbons (Fsp3) is 0.462. The molecule has 0 saturated heterocycles. The minimum atomic E-state index is -0.00155. The van der Waals surface area contributed by atoms with Gasteiger partial charge in [-0.05, 0) is 12.5 Å². The van der Waals surface area contributed by atoms with E-state index in [1.807, 2.05) is 19.1 Å². The van der Waals surface area contributed by atoms with Crippen LogP contribution in [-0.2, 0) is 5.41 Å². The first-order valence-corrected chi connectivity index (χ1v) is 5.10. The van der Waals surface area contributed by atoms with Gasteiger partial charge < -0.3 is 0 Å². The Labute approximate surface area is 85.1 Å². The molecule has 1 aliphatic rings. The first-order valence-electron chi connectivity index (χ1n) is 5.10. The molecule has 2 rings (SSSR count). The van der Waals surface area contributed by atoms with E-state index in [0.717, 1.165) is 5.56 Å². The lowest BCUT2D eigenvalue weighted by atomic mass is 9.79. The van der Waals surface area contributed by atoms with Gasteiger partial charge in [-0.15, -0.1) is 0 Å². The number of fused-ring (bicyclic) bond motifs is 1. The molecule has 1 aliphatic carbocycles. The SMILES string of the molecule is Cc1ccc2c(c1)C(C)(C)C(C)C2=O. The van der Waals surface area contributed by atoms with Crippen LogP contribution in [0.1, 0.15) is 42.3 Å². The second-order valence-corrected chi connectivity index (χ2v) is 4.86. The third kappa shape index (κ3) is 1.05. The Kier molecular flexibility index (Phi) is 1.82. The van der Waals surface area contributed by atoms with E-state index in [9.17, 15) is 4.79 Å². The van der Waals surface area contributed by atoms with Gasteiger partial charge in [0, 0.05) is 16.9 Å². The van der Waals surface area contributed by atoms with E-state index in [0.29, 0.717) is 5.78 Å². The van der Waals surface area contributed by atoms with Crippen molar-refractivity contribution in [3.8, 4) is 0 Å². The lowest BCUT2D eigenvalue weighted by Gasteiger charge is -2.23. The first kappa shape index (κ1) is 9.45. The Morgan fingerprint density at radius 3 is 2.57 bits per heavy atom. The Hall–Kier alpha value is -1.11. The summed E-state index contributed by atoms with van der Waals surface area (Å²) in [7, 11) is 0. The van der Waals surface area contributed by atoms with Crippen LogP contribution in [-0.4, -0.2) is 5.78 Å². The maximum Gasteiger partial charge on any atom is 0.166 e. The van der Waals surface area contributed by atoms with Gasteiger partial charge in [-0.2, -0.15) is 0 Å². The van der Waals surface area contributed by atoms with E-state index in [4.69, 9.17) is 0 Å². The lowest BCUT2D eigenvalue weighted by Crippen LogP contribution is -2.23. The zero-order valence-corrected chi connectivity index (χ0v) is 9.22. The molecule has 1 aromatic rings. The number of rotatable bonds is 0. The number of Topliss-reactive ketones (excluding diaryl/α,β-unsaturated/α-hetero) is 1. The van der Waals surface area contributed by atoms with E-state index in [1.54, 1.807) is 0 Å². The zero-order valence-electron chi connectivity index (χ0n) is 9.22. The van der Waals surface area contributed by atoms with Crippen molar-refractivity contribution < 1.29 is 4.79 Å². The summed E-state index contributed by atoms with van der Waals surface area (Å²) < 4.78 is 0. The molecule has 0 amide bonds. The lowest BCUT2D eigenvalue weighted by molar-refractivity contribution is 0.0912. The summed E-state index contributed by atoms with van der Waals surface area (Å²) in [5, 5.41) is 0. The highest BCUT2D eigenvalue weighted by Crippen LogP contribution is 2.42. The molecule has 0 radical (unpaired) electrons. The predicted molar refractivity (Wildman–Crippen MR) is 57.7 cm³/mol. The molecule has 0 spiro atoms. The second kappa shape index (κ2) is 2.69. The molecule has 74 valence electrons. The molecule has 0 bridgehead atoms.